The van der Waals surface area contributed by atoms with Gasteiger partial charge in [-0.25, -0.2) is 9.78 Å². The van der Waals surface area contributed by atoms with Gasteiger partial charge < -0.3 is 9.47 Å². The molecule has 2 aromatic rings. The third-order valence-corrected chi connectivity index (χ3v) is 2.98. The van der Waals surface area contributed by atoms with E-state index >= 15 is 0 Å². The van der Waals surface area contributed by atoms with Crippen molar-refractivity contribution in [2.75, 3.05) is 13.2 Å². The first-order chi connectivity index (χ1) is 11.7. The van der Waals surface area contributed by atoms with Gasteiger partial charge in [0, 0.05) is 12.3 Å². The van der Waals surface area contributed by atoms with Gasteiger partial charge in [0.1, 0.15) is 24.2 Å². The van der Waals surface area contributed by atoms with Gasteiger partial charge in [-0.3, -0.25) is 9.36 Å². The van der Waals surface area contributed by atoms with Crippen LogP contribution in [-0.2, 0) is 4.74 Å². The number of nitriles is 1. The number of rotatable bonds is 6. The highest BCUT2D eigenvalue weighted by Gasteiger charge is 2.16. The summed E-state index contributed by atoms with van der Waals surface area (Å²) in [4.78, 5) is 28.3. The number of hydrogen-bond donors (Lipinski definition) is 0. The van der Waals surface area contributed by atoms with Crippen LogP contribution in [-0.4, -0.2) is 28.7 Å². The molecule has 0 saturated heterocycles. The molecule has 2 rings (SSSR count). The van der Waals surface area contributed by atoms with Crippen LogP contribution < -0.4 is 10.3 Å². The van der Waals surface area contributed by atoms with Crippen molar-refractivity contribution < 1.29 is 14.3 Å². The van der Waals surface area contributed by atoms with Crippen molar-refractivity contribution in [2.45, 2.75) is 6.92 Å². The molecule has 0 radical (unpaired) electrons. The summed E-state index contributed by atoms with van der Waals surface area (Å²) in [6, 6.07) is 8.70. The Hall–Kier alpha value is -3.40. The molecule has 0 fully saturated rings. The molecule has 0 aliphatic heterocycles. The predicted molar refractivity (Wildman–Crippen MR) is 86.0 cm³/mol. The molecule has 0 unspecified atom stereocenters. The third-order valence-electron chi connectivity index (χ3n) is 2.98. The molecule has 122 valence electrons. The second-order valence-corrected chi connectivity index (χ2v) is 4.51. The van der Waals surface area contributed by atoms with Crippen molar-refractivity contribution in [3.05, 3.63) is 64.9 Å². The molecular weight excluding hydrogens is 310 g/mol. The SMILES string of the molecule is CCOC(=O)c1cncn(-c2ccccc2OC/C=C/C#N)c1=O. The first kappa shape index (κ1) is 17.0. The molecule has 1 heterocycles. The van der Waals surface area contributed by atoms with Crippen LogP contribution in [0.25, 0.3) is 5.69 Å². The molecule has 1 aromatic heterocycles. The van der Waals surface area contributed by atoms with Gasteiger partial charge in [-0.2, -0.15) is 5.26 Å². The Bertz CT molecular complexity index is 849. The normalized spacial score (nSPS) is 10.3. The van der Waals surface area contributed by atoms with Crippen molar-refractivity contribution >= 4 is 5.97 Å². The Morgan fingerprint density at radius 2 is 2.21 bits per heavy atom. The number of carbonyl (C=O) groups excluding carboxylic acids is 1. The third kappa shape index (κ3) is 3.87. The summed E-state index contributed by atoms with van der Waals surface area (Å²) in [7, 11) is 0. The zero-order valence-electron chi connectivity index (χ0n) is 13.0. The van der Waals surface area contributed by atoms with Crippen LogP contribution in [0, 0.1) is 11.3 Å². The van der Waals surface area contributed by atoms with Crippen LogP contribution in [0.3, 0.4) is 0 Å². The molecule has 7 nitrogen and oxygen atoms in total. The van der Waals surface area contributed by atoms with E-state index in [4.69, 9.17) is 14.7 Å². The van der Waals surface area contributed by atoms with Crippen LogP contribution in [0.15, 0.2) is 53.7 Å². The smallest absolute Gasteiger partial charge is 0.345 e. The van der Waals surface area contributed by atoms with Gasteiger partial charge in [0.15, 0.2) is 0 Å². The first-order valence-corrected chi connectivity index (χ1v) is 7.19. The highest BCUT2D eigenvalue weighted by molar-refractivity contribution is 5.88. The molecule has 0 atom stereocenters. The lowest BCUT2D eigenvalue weighted by molar-refractivity contribution is 0.0523. The number of ether oxygens (including phenoxy) is 2. The molecule has 0 bridgehead atoms. The molecule has 0 amide bonds. The molecule has 0 aliphatic carbocycles. The number of benzene rings is 1. The van der Waals surface area contributed by atoms with Gasteiger partial charge in [-0.15, -0.1) is 0 Å². The van der Waals surface area contributed by atoms with E-state index in [2.05, 4.69) is 4.98 Å². The quantitative estimate of drug-likeness (QED) is 0.594. The van der Waals surface area contributed by atoms with Crippen molar-refractivity contribution in [3.63, 3.8) is 0 Å². The minimum absolute atomic E-state index is 0.154. The van der Waals surface area contributed by atoms with E-state index in [0.717, 1.165) is 0 Å². The number of para-hydroxylation sites is 2. The van der Waals surface area contributed by atoms with E-state index in [9.17, 15) is 9.59 Å². The zero-order valence-corrected chi connectivity index (χ0v) is 13.0. The second kappa shape index (κ2) is 8.29. The lowest BCUT2D eigenvalue weighted by atomic mass is 10.2. The molecule has 0 spiro atoms. The number of carbonyl (C=O) groups is 1. The van der Waals surface area contributed by atoms with Gasteiger partial charge >= 0.3 is 5.97 Å². The highest BCUT2D eigenvalue weighted by atomic mass is 16.5. The molecule has 0 aliphatic rings. The van der Waals surface area contributed by atoms with Gasteiger partial charge in [-0.1, -0.05) is 12.1 Å². The van der Waals surface area contributed by atoms with Crippen molar-refractivity contribution in [1.29, 1.82) is 5.26 Å². The minimum atomic E-state index is -0.722. The van der Waals surface area contributed by atoms with Gasteiger partial charge in [0.25, 0.3) is 5.56 Å². The fraction of sp³-hybridized carbons (Fsp3) is 0.176. The van der Waals surface area contributed by atoms with Crippen LogP contribution in [0.2, 0.25) is 0 Å². The van der Waals surface area contributed by atoms with Crippen LogP contribution in [0.5, 0.6) is 5.75 Å². The van der Waals surface area contributed by atoms with Gasteiger partial charge in [-0.05, 0) is 25.1 Å². The maximum atomic E-state index is 12.5. The lowest BCUT2D eigenvalue weighted by Gasteiger charge is -2.12. The average molecular weight is 325 g/mol. The number of nitrogens with zero attached hydrogens (tertiary/aromatic N) is 3. The predicted octanol–water partition coefficient (Wildman–Crippen LogP) is 1.87. The van der Waals surface area contributed by atoms with E-state index in [1.807, 2.05) is 6.07 Å². The molecule has 0 saturated carbocycles. The standard InChI is InChI=1S/C17H15N3O4/c1-2-23-17(22)13-11-19-12-20(16(13)21)14-7-3-4-8-15(14)24-10-6-5-9-18/h3-8,11-12H,2,10H2,1H3/b6-5+. The Morgan fingerprint density at radius 1 is 1.42 bits per heavy atom. The van der Waals surface area contributed by atoms with E-state index in [1.165, 1.54) is 23.2 Å². The molecule has 1 aromatic carbocycles. The summed E-state index contributed by atoms with van der Waals surface area (Å²) in [6.45, 7) is 1.99. The maximum absolute atomic E-state index is 12.5. The van der Waals surface area contributed by atoms with Gasteiger partial charge in [0.2, 0.25) is 0 Å². The minimum Gasteiger partial charge on any atom is -0.487 e. The highest BCUT2D eigenvalue weighted by Crippen LogP contribution is 2.21. The number of hydrogen-bond acceptors (Lipinski definition) is 6. The summed E-state index contributed by atoms with van der Waals surface area (Å²) in [5, 5.41) is 8.47. The van der Waals surface area contributed by atoms with Crippen LogP contribution in [0.1, 0.15) is 17.3 Å². The second-order valence-electron chi connectivity index (χ2n) is 4.51. The molecular formula is C17H15N3O4. The number of allylic oxidation sites excluding steroid dienone is 1. The summed E-state index contributed by atoms with van der Waals surface area (Å²) in [5.41, 5.74) is -0.267. The van der Waals surface area contributed by atoms with E-state index in [1.54, 1.807) is 37.3 Å². The van der Waals surface area contributed by atoms with Crippen molar-refractivity contribution in [1.82, 2.24) is 9.55 Å². The van der Waals surface area contributed by atoms with E-state index < -0.39 is 11.5 Å². The Balaban J connectivity index is 2.41. The topological polar surface area (TPSA) is 94.2 Å². The number of esters is 1. The summed E-state index contributed by atoms with van der Waals surface area (Å²) < 4.78 is 11.6. The Morgan fingerprint density at radius 3 is 2.96 bits per heavy atom. The van der Waals surface area contributed by atoms with Crippen LogP contribution in [0.4, 0.5) is 0 Å². The summed E-state index contributed by atoms with van der Waals surface area (Å²) in [6.07, 6.45) is 5.33. The van der Waals surface area contributed by atoms with E-state index in [-0.39, 0.29) is 18.8 Å². The van der Waals surface area contributed by atoms with Crippen molar-refractivity contribution in [2.24, 2.45) is 0 Å². The van der Waals surface area contributed by atoms with E-state index in [0.29, 0.717) is 11.4 Å². The largest absolute Gasteiger partial charge is 0.487 e. The maximum Gasteiger partial charge on any atom is 0.345 e. The molecule has 7 heteroatoms. The zero-order chi connectivity index (χ0) is 17.4. The molecule has 0 N–H and O–H groups in total. The van der Waals surface area contributed by atoms with Gasteiger partial charge in [0.05, 0.1) is 18.4 Å². The molecule has 24 heavy (non-hydrogen) atoms. The average Bonchev–Trinajstić information content (AvgIpc) is 2.60. The summed E-state index contributed by atoms with van der Waals surface area (Å²) in [5.74, 6) is -0.301. The first-order valence-electron chi connectivity index (χ1n) is 7.19. The Labute approximate surface area is 138 Å². The fourth-order valence-corrected chi connectivity index (χ4v) is 1.95. The Kier molecular flexibility index (Phi) is 5.86. The number of aromatic nitrogens is 2. The monoisotopic (exact) mass is 325 g/mol. The summed E-state index contributed by atoms with van der Waals surface area (Å²) >= 11 is 0. The fourth-order valence-electron chi connectivity index (χ4n) is 1.95. The lowest BCUT2D eigenvalue weighted by Crippen LogP contribution is -2.26. The van der Waals surface area contributed by atoms with Crippen LogP contribution >= 0.6 is 0 Å². The van der Waals surface area contributed by atoms with Crippen molar-refractivity contribution in [3.8, 4) is 17.5 Å².